The first kappa shape index (κ1) is 10.1. The minimum absolute atomic E-state index is 0. The quantitative estimate of drug-likeness (QED) is 0.469. The Labute approximate surface area is 75.3 Å². The van der Waals surface area contributed by atoms with Gasteiger partial charge in [0.25, 0.3) is 0 Å². The molecule has 11 heavy (non-hydrogen) atoms. The van der Waals surface area contributed by atoms with Crippen LogP contribution in [0.15, 0.2) is 30.6 Å². The van der Waals surface area contributed by atoms with Gasteiger partial charge < -0.3 is 17.0 Å². The van der Waals surface area contributed by atoms with E-state index >= 15 is 0 Å². The fourth-order valence-corrected chi connectivity index (χ4v) is 0.592. The van der Waals surface area contributed by atoms with Gasteiger partial charge in [-0.1, -0.05) is 6.07 Å². The number of pyridine rings is 1. The van der Waals surface area contributed by atoms with E-state index in [-0.39, 0.29) is 23.0 Å². The molecule has 0 aliphatic rings. The molecule has 0 radical (unpaired) electrons. The zero-order chi connectivity index (χ0) is 7.40. The average molecular weight is 218 g/mol. The minimum Gasteiger partial charge on any atom is -1.00 e. The zero-order valence-electron chi connectivity index (χ0n) is 6.03. The number of carbonyl (C=O) groups excluding carboxylic acids is 1. The fourth-order valence-electron chi connectivity index (χ4n) is 0.592. The van der Waals surface area contributed by atoms with Crippen LogP contribution in [0.2, 0.25) is 0 Å². The second kappa shape index (κ2) is 4.85. The second-order valence-corrected chi connectivity index (χ2v) is 1.82. The maximum Gasteiger partial charge on any atom is 0.377 e. The number of rotatable bonds is 1. The molecule has 0 spiro atoms. The van der Waals surface area contributed by atoms with Crippen LogP contribution in [0, 0.1) is 0 Å². The molecule has 0 unspecified atom stereocenters. The molecular formula is C7H8BrNO2. The minimum atomic E-state index is -0.323. The standard InChI is InChI=1S/C7H8NO2.BrH/c1-7(9)10-8-5-3-2-4-6-8;/h2-6H,1H3;1H/q+1;/p-1. The van der Waals surface area contributed by atoms with Crippen molar-refractivity contribution in [1.29, 1.82) is 0 Å². The summed E-state index contributed by atoms with van der Waals surface area (Å²) in [5, 5.41) is 0. The lowest BCUT2D eigenvalue weighted by Gasteiger charge is -1.88. The Morgan fingerprint density at radius 3 is 2.27 bits per heavy atom. The van der Waals surface area contributed by atoms with Crippen LogP contribution < -0.4 is 26.5 Å². The van der Waals surface area contributed by atoms with Gasteiger partial charge in [-0.3, -0.25) is 0 Å². The van der Waals surface area contributed by atoms with Crippen LogP contribution in [0.1, 0.15) is 6.92 Å². The third-order valence-electron chi connectivity index (χ3n) is 0.922. The lowest BCUT2D eigenvalue weighted by Crippen LogP contribution is -3.00. The Hall–Kier alpha value is -0.900. The summed E-state index contributed by atoms with van der Waals surface area (Å²) in [6, 6.07) is 5.41. The number of hydrogen-bond donors (Lipinski definition) is 0. The third kappa shape index (κ3) is 3.72. The summed E-state index contributed by atoms with van der Waals surface area (Å²) in [5.74, 6) is -0.323. The van der Waals surface area contributed by atoms with E-state index in [0.717, 1.165) is 0 Å². The van der Waals surface area contributed by atoms with E-state index in [0.29, 0.717) is 0 Å². The Bertz CT molecular complexity index is 225. The first-order chi connectivity index (χ1) is 4.79. The monoisotopic (exact) mass is 217 g/mol. The highest BCUT2D eigenvalue weighted by molar-refractivity contribution is 5.65. The van der Waals surface area contributed by atoms with Crippen LogP contribution in [-0.4, -0.2) is 5.97 Å². The molecule has 0 saturated carbocycles. The molecule has 0 bridgehead atoms. The summed E-state index contributed by atoms with van der Waals surface area (Å²) >= 11 is 0. The normalized spacial score (nSPS) is 8.09. The molecule has 1 heterocycles. The summed E-state index contributed by atoms with van der Waals surface area (Å²) in [4.78, 5) is 15.1. The van der Waals surface area contributed by atoms with Gasteiger partial charge in [0.15, 0.2) is 0 Å². The van der Waals surface area contributed by atoms with Crippen LogP contribution >= 0.6 is 0 Å². The Morgan fingerprint density at radius 2 is 1.82 bits per heavy atom. The summed E-state index contributed by atoms with van der Waals surface area (Å²) in [6.45, 7) is 1.36. The molecule has 0 aliphatic carbocycles. The molecule has 0 atom stereocenters. The molecule has 0 aromatic carbocycles. The molecular weight excluding hydrogens is 210 g/mol. The van der Waals surface area contributed by atoms with Crippen molar-refractivity contribution in [3.05, 3.63) is 30.6 Å². The average Bonchev–Trinajstić information content (AvgIpc) is 1.88. The molecule has 0 amide bonds. The highest BCUT2D eigenvalue weighted by Crippen LogP contribution is 1.74. The van der Waals surface area contributed by atoms with Crippen molar-refractivity contribution in [3.63, 3.8) is 0 Å². The highest BCUT2D eigenvalue weighted by Gasteiger charge is 2.00. The number of halogens is 1. The van der Waals surface area contributed by atoms with E-state index in [1.165, 1.54) is 11.7 Å². The van der Waals surface area contributed by atoms with Gasteiger partial charge in [0.05, 0.1) is 0 Å². The van der Waals surface area contributed by atoms with Gasteiger partial charge in [0, 0.05) is 23.8 Å². The van der Waals surface area contributed by atoms with Crippen molar-refractivity contribution in [2.75, 3.05) is 0 Å². The number of aromatic nitrogens is 1. The summed E-state index contributed by atoms with van der Waals surface area (Å²) in [6.07, 6.45) is 3.31. The van der Waals surface area contributed by atoms with Crippen LogP contribution in [0.4, 0.5) is 0 Å². The molecule has 0 saturated heterocycles. The van der Waals surface area contributed by atoms with E-state index in [4.69, 9.17) is 4.84 Å². The van der Waals surface area contributed by atoms with Crippen LogP contribution in [0.5, 0.6) is 0 Å². The van der Waals surface area contributed by atoms with Gasteiger partial charge in [-0.2, -0.15) is 4.84 Å². The van der Waals surface area contributed by atoms with Crippen molar-refractivity contribution >= 4 is 5.97 Å². The van der Waals surface area contributed by atoms with Crippen molar-refractivity contribution in [1.82, 2.24) is 0 Å². The molecule has 4 heteroatoms. The van der Waals surface area contributed by atoms with E-state index in [9.17, 15) is 4.79 Å². The van der Waals surface area contributed by atoms with Crippen LogP contribution in [-0.2, 0) is 4.79 Å². The van der Waals surface area contributed by atoms with Crippen molar-refractivity contribution in [2.45, 2.75) is 6.92 Å². The van der Waals surface area contributed by atoms with E-state index in [1.807, 2.05) is 6.07 Å². The van der Waals surface area contributed by atoms with E-state index in [2.05, 4.69) is 0 Å². The van der Waals surface area contributed by atoms with Gasteiger partial charge >= 0.3 is 5.97 Å². The molecule has 3 nitrogen and oxygen atoms in total. The molecule has 0 fully saturated rings. The fraction of sp³-hybridized carbons (Fsp3) is 0.143. The summed E-state index contributed by atoms with van der Waals surface area (Å²) in [5.41, 5.74) is 0. The lowest BCUT2D eigenvalue weighted by molar-refractivity contribution is -0.869. The number of carbonyl (C=O) groups is 1. The predicted octanol–water partition coefficient (Wildman–Crippen LogP) is -3.05. The molecule has 0 aliphatic heterocycles. The Kier molecular flexibility index (Phi) is 4.45. The van der Waals surface area contributed by atoms with Gasteiger partial charge in [-0.05, 0) is 0 Å². The molecule has 0 N–H and O–H groups in total. The highest BCUT2D eigenvalue weighted by atomic mass is 79.9. The molecule has 1 rings (SSSR count). The maximum atomic E-state index is 10.4. The second-order valence-electron chi connectivity index (χ2n) is 1.82. The molecule has 60 valence electrons. The molecule has 1 aromatic rings. The molecule has 1 aromatic heterocycles. The van der Waals surface area contributed by atoms with E-state index in [1.54, 1.807) is 24.5 Å². The predicted molar refractivity (Wildman–Crippen MR) is 33.9 cm³/mol. The van der Waals surface area contributed by atoms with Gasteiger partial charge in [0.1, 0.15) is 0 Å². The Balaban J connectivity index is 0.000001000. The first-order valence-corrected chi connectivity index (χ1v) is 2.94. The summed E-state index contributed by atoms with van der Waals surface area (Å²) in [7, 11) is 0. The largest absolute Gasteiger partial charge is 1.00 e. The van der Waals surface area contributed by atoms with Gasteiger partial charge in [-0.15, -0.1) is 0 Å². The first-order valence-electron chi connectivity index (χ1n) is 2.94. The van der Waals surface area contributed by atoms with Crippen LogP contribution in [0.25, 0.3) is 0 Å². The van der Waals surface area contributed by atoms with Crippen molar-refractivity contribution in [2.24, 2.45) is 0 Å². The smallest absolute Gasteiger partial charge is 0.377 e. The third-order valence-corrected chi connectivity index (χ3v) is 0.922. The number of nitrogens with zero attached hydrogens (tertiary/aromatic N) is 1. The van der Waals surface area contributed by atoms with E-state index < -0.39 is 0 Å². The lowest BCUT2D eigenvalue weighted by atomic mass is 10.5. The zero-order valence-corrected chi connectivity index (χ0v) is 7.61. The Morgan fingerprint density at radius 1 is 1.27 bits per heavy atom. The van der Waals surface area contributed by atoms with Gasteiger partial charge in [0.2, 0.25) is 12.4 Å². The van der Waals surface area contributed by atoms with Crippen molar-refractivity contribution in [3.8, 4) is 0 Å². The summed E-state index contributed by atoms with van der Waals surface area (Å²) < 4.78 is 1.35. The topological polar surface area (TPSA) is 30.2 Å². The van der Waals surface area contributed by atoms with Crippen molar-refractivity contribution < 1.29 is 31.3 Å². The maximum absolute atomic E-state index is 10.4. The SMILES string of the molecule is CC(=O)O[n+]1ccccc1.[Br-]. The number of hydrogen-bond acceptors (Lipinski definition) is 2. The van der Waals surface area contributed by atoms with Crippen LogP contribution in [0.3, 0.4) is 0 Å². The van der Waals surface area contributed by atoms with Gasteiger partial charge in [-0.25, -0.2) is 4.79 Å².